The molecule has 0 spiro atoms. The summed E-state index contributed by atoms with van der Waals surface area (Å²) in [6.07, 6.45) is 14.1. The Morgan fingerprint density at radius 2 is 0.957 bits per heavy atom. The number of aryl methyl sites for hydroxylation is 4. The average Bonchev–Trinajstić information content (AvgIpc) is 3.09. The second-order valence-electron chi connectivity index (χ2n) is 12.5. The number of unbranched alkanes of at least 4 members (excludes halogenated alkanes) is 6. The number of hydrogen-bond donors (Lipinski definition) is 0. The van der Waals surface area contributed by atoms with Crippen LogP contribution in [0.3, 0.4) is 0 Å². The molecule has 0 aliphatic carbocycles. The van der Waals surface area contributed by atoms with Crippen molar-refractivity contribution >= 4 is 29.0 Å². The van der Waals surface area contributed by atoms with Crippen molar-refractivity contribution in [3.8, 4) is 0 Å². The summed E-state index contributed by atoms with van der Waals surface area (Å²) in [5.74, 6) is -0.420. The highest BCUT2D eigenvalue weighted by atomic mass is 16.5. The summed E-state index contributed by atoms with van der Waals surface area (Å²) in [7, 11) is 0. The lowest BCUT2D eigenvalue weighted by molar-refractivity contribution is -0.140. The summed E-state index contributed by atoms with van der Waals surface area (Å²) in [4.78, 5) is 25.9. The Hall–Kier alpha value is -4.12. The van der Waals surface area contributed by atoms with E-state index in [0.717, 1.165) is 81.3 Å². The van der Waals surface area contributed by atoms with Gasteiger partial charge in [-0.2, -0.15) is 0 Å². The fourth-order valence-electron chi connectivity index (χ4n) is 5.30. The molecule has 0 bridgehead atoms. The first-order valence-corrected chi connectivity index (χ1v) is 17.4. The molecular weight excluding hydrogens is 582 g/mol. The molecule has 3 aromatic rings. The SMILES string of the molecule is CC=C(C)C(=O)OCCCCCCc1ccc(N(c2ccc(CCCCCCOC(=O)C(C)=CC)cc2)c2ccc(C)c(C)c2)cc1. The number of allylic oxidation sites excluding steroid dienone is 2. The summed E-state index contributed by atoms with van der Waals surface area (Å²) in [6.45, 7) is 12.6. The molecule has 0 aliphatic rings. The molecule has 0 fully saturated rings. The first-order valence-electron chi connectivity index (χ1n) is 17.4. The minimum atomic E-state index is -0.210. The zero-order valence-corrected chi connectivity index (χ0v) is 29.6. The number of hydrogen-bond acceptors (Lipinski definition) is 5. The van der Waals surface area contributed by atoms with Gasteiger partial charge in [0.05, 0.1) is 13.2 Å². The van der Waals surface area contributed by atoms with Gasteiger partial charge in [0.25, 0.3) is 0 Å². The molecule has 0 saturated carbocycles. The quantitative estimate of drug-likeness (QED) is 0.0743. The molecule has 0 saturated heterocycles. The van der Waals surface area contributed by atoms with Gasteiger partial charge in [0.2, 0.25) is 0 Å². The van der Waals surface area contributed by atoms with Gasteiger partial charge in [-0.3, -0.25) is 0 Å². The molecule has 0 atom stereocenters. The van der Waals surface area contributed by atoms with E-state index >= 15 is 0 Å². The monoisotopic (exact) mass is 637 g/mol. The molecule has 5 nitrogen and oxygen atoms in total. The van der Waals surface area contributed by atoms with Gasteiger partial charge >= 0.3 is 11.9 Å². The van der Waals surface area contributed by atoms with Crippen LogP contribution in [0, 0.1) is 13.8 Å². The molecule has 3 aromatic carbocycles. The van der Waals surface area contributed by atoms with Crippen LogP contribution < -0.4 is 4.90 Å². The molecule has 0 aromatic heterocycles. The first-order chi connectivity index (χ1) is 22.7. The van der Waals surface area contributed by atoms with Crippen LogP contribution >= 0.6 is 0 Å². The van der Waals surface area contributed by atoms with E-state index in [4.69, 9.17) is 9.47 Å². The topological polar surface area (TPSA) is 55.8 Å². The Balaban J connectivity index is 1.54. The maximum absolute atomic E-state index is 11.8. The van der Waals surface area contributed by atoms with Crippen LogP contribution in [0.4, 0.5) is 17.1 Å². The van der Waals surface area contributed by atoms with Gasteiger partial charge < -0.3 is 14.4 Å². The number of carbonyl (C=O) groups excluding carboxylic acids is 2. The van der Waals surface area contributed by atoms with Crippen LogP contribution in [0.5, 0.6) is 0 Å². The number of ether oxygens (including phenoxy) is 2. The predicted molar refractivity (Wildman–Crippen MR) is 196 cm³/mol. The maximum Gasteiger partial charge on any atom is 0.333 e. The van der Waals surface area contributed by atoms with Gasteiger partial charge in [-0.05, 0) is 139 Å². The van der Waals surface area contributed by atoms with Gasteiger partial charge in [0.1, 0.15) is 0 Å². The number of carbonyl (C=O) groups is 2. The fourth-order valence-corrected chi connectivity index (χ4v) is 5.30. The molecule has 252 valence electrons. The highest BCUT2D eigenvalue weighted by molar-refractivity contribution is 5.88. The third kappa shape index (κ3) is 12.5. The summed E-state index contributed by atoms with van der Waals surface area (Å²) in [5, 5.41) is 0. The number of nitrogens with zero attached hydrogens (tertiary/aromatic N) is 1. The second kappa shape index (κ2) is 20.2. The van der Waals surface area contributed by atoms with E-state index in [0.29, 0.717) is 24.4 Å². The Morgan fingerprint density at radius 3 is 1.36 bits per heavy atom. The summed E-state index contributed by atoms with van der Waals surface area (Å²) in [5.41, 5.74) is 10.0. The molecule has 5 heteroatoms. The predicted octanol–water partition coefficient (Wildman–Crippen LogP) is 11.0. The van der Waals surface area contributed by atoms with Crippen LogP contribution in [-0.2, 0) is 31.9 Å². The molecule has 0 amide bonds. The molecule has 0 heterocycles. The summed E-state index contributed by atoms with van der Waals surface area (Å²) in [6, 6.07) is 24.6. The fraction of sp³-hybridized carbons (Fsp3) is 0.429. The highest BCUT2D eigenvalue weighted by Crippen LogP contribution is 2.36. The third-order valence-electron chi connectivity index (χ3n) is 8.83. The Kier molecular flexibility index (Phi) is 16.0. The third-order valence-corrected chi connectivity index (χ3v) is 8.83. The van der Waals surface area contributed by atoms with Gasteiger partial charge in [-0.1, -0.05) is 68.2 Å². The van der Waals surface area contributed by atoms with Crippen molar-refractivity contribution < 1.29 is 19.1 Å². The number of benzene rings is 3. The number of anilines is 3. The smallest absolute Gasteiger partial charge is 0.333 e. The normalized spacial score (nSPS) is 11.8. The van der Waals surface area contributed by atoms with E-state index in [-0.39, 0.29) is 11.9 Å². The van der Waals surface area contributed by atoms with E-state index in [9.17, 15) is 9.59 Å². The highest BCUT2D eigenvalue weighted by Gasteiger charge is 2.14. The van der Waals surface area contributed by atoms with Gasteiger partial charge in [-0.15, -0.1) is 0 Å². The van der Waals surface area contributed by atoms with Crippen molar-refractivity contribution in [2.45, 2.75) is 106 Å². The van der Waals surface area contributed by atoms with Crippen molar-refractivity contribution in [2.75, 3.05) is 18.1 Å². The zero-order valence-electron chi connectivity index (χ0n) is 29.6. The van der Waals surface area contributed by atoms with E-state index in [1.54, 1.807) is 26.0 Å². The average molecular weight is 638 g/mol. The van der Waals surface area contributed by atoms with Crippen LogP contribution in [-0.4, -0.2) is 25.2 Å². The Labute approximate surface area is 283 Å². The van der Waals surface area contributed by atoms with Crippen LogP contribution in [0.2, 0.25) is 0 Å². The molecule has 0 aliphatic heterocycles. The van der Waals surface area contributed by atoms with Gasteiger partial charge in [-0.25, -0.2) is 9.59 Å². The van der Waals surface area contributed by atoms with Crippen LogP contribution in [0.15, 0.2) is 90.0 Å². The standard InChI is InChI=1S/C42H55NO4/c1-7-32(3)41(44)46-29-15-11-9-13-17-36-20-25-38(26-21-36)43(40-24-19-34(5)35(6)31-40)39-27-22-37(23-28-39)18-14-10-12-16-30-47-42(45)33(4)8-2/h7-8,19-28,31H,9-18,29-30H2,1-6H3. The first kappa shape index (κ1) is 37.3. The van der Waals surface area contributed by atoms with Crippen molar-refractivity contribution in [3.05, 3.63) is 112 Å². The molecule has 3 rings (SSSR count). The Morgan fingerprint density at radius 1 is 0.553 bits per heavy atom. The van der Waals surface area contributed by atoms with Gasteiger partial charge in [0, 0.05) is 28.2 Å². The van der Waals surface area contributed by atoms with Crippen molar-refractivity contribution in [1.82, 2.24) is 0 Å². The minimum absolute atomic E-state index is 0.210. The van der Waals surface area contributed by atoms with Crippen molar-refractivity contribution in [2.24, 2.45) is 0 Å². The van der Waals surface area contributed by atoms with Crippen LogP contribution in [0.1, 0.15) is 101 Å². The molecule has 0 unspecified atom stereocenters. The largest absolute Gasteiger partial charge is 0.462 e. The lowest BCUT2D eigenvalue weighted by Gasteiger charge is -2.26. The summed E-state index contributed by atoms with van der Waals surface area (Å²) >= 11 is 0. The van der Waals surface area contributed by atoms with Gasteiger partial charge in [0.15, 0.2) is 0 Å². The minimum Gasteiger partial charge on any atom is -0.462 e. The van der Waals surface area contributed by atoms with E-state index < -0.39 is 0 Å². The van der Waals surface area contributed by atoms with Crippen molar-refractivity contribution in [3.63, 3.8) is 0 Å². The van der Waals surface area contributed by atoms with Crippen LogP contribution in [0.25, 0.3) is 0 Å². The Bertz CT molecular complexity index is 1380. The zero-order chi connectivity index (χ0) is 34.0. The number of esters is 2. The van der Waals surface area contributed by atoms with Crippen molar-refractivity contribution in [1.29, 1.82) is 0 Å². The second-order valence-corrected chi connectivity index (χ2v) is 12.5. The molecular formula is C42H55NO4. The molecule has 0 radical (unpaired) electrons. The van der Waals surface area contributed by atoms with E-state index in [1.165, 1.54) is 22.3 Å². The number of rotatable bonds is 19. The lowest BCUT2D eigenvalue weighted by atomic mass is 10.0. The lowest BCUT2D eigenvalue weighted by Crippen LogP contribution is -2.10. The van der Waals surface area contributed by atoms with E-state index in [1.807, 2.05) is 13.8 Å². The maximum atomic E-state index is 11.8. The molecule has 0 N–H and O–H groups in total. The molecule has 47 heavy (non-hydrogen) atoms. The van der Waals surface area contributed by atoms with E-state index in [2.05, 4.69) is 85.5 Å². The summed E-state index contributed by atoms with van der Waals surface area (Å²) < 4.78 is 10.6.